The SMILES string of the molecule is CCOC(=O)c1c(N)n(CC)c2nc(-c3ccc(N)cc3)ccc2c1=O. The van der Waals surface area contributed by atoms with Crippen LogP contribution in [0.5, 0.6) is 0 Å². The second-order valence-corrected chi connectivity index (χ2v) is 5.74. The lowest BCUT2D eigenvalue weighted by molar-refractivity contribution is 0.0525. The number of benzene rings is 1. The van der Waals surface area contributed by atoms with E-state index in [-0.39, 0.29) is 18.0 Å². The molecule has 0 atom stereocenters. The molecule has 0 aliphatic heterocycles. The van der Waals surface area contributed by atoms with Gasteiger partial charge in [0, 0.05) is 17.8 Å². The smallest absolute Gasteiger partial charge is 0.345 e. The zero-order valence-electron chi connectivity index (χ0n) is 14.7. The van der Waals surface area contributed by atoms with Gasteiger partial charge in [0.1, 0.15) is 17.0 Å². The summed E-state index contributed by atoms with van der Waals surface area (Å²) in [6.07, 6.45) is 0. The predicted octanol–water partition coefficient (Wildman–Crippen LogP) is 2.42. The highest BCUT2D eigenvalue weighted by Crippen LogP contribution is 2.23. The minimum Gasteiger partial charge on any atom is -0.462 e. The van der Waals surface area contributed by atoms with Gasteiger partial charge < -0.3 is 20.8 Å². The summed E-state index contributed by atoms with van der Waals surface area (Å²) >= 11 is 0. The third-order valence-corrected chi connectivity index (χ3v) is 4.15. The van der Waals surface area contributed by atoms with Crippen LogP contribution in [0.15, 0.2) is 41.2 Å². The molecule has 7 heteroatoms. The predicted molar refractivity (Wildman–Crippen MR) is 102 cm³/mol. The second-order valence-electron chi connectivity index (χ2n) is 5.74. The van der Waals surface area contributed by atoms with Crippen LogP contribution in [-0.4, -0.2) is 22.1 Å². The van der Waals surface area contributed by atoms with Gasteiger partial charge in [-0.05, 0) is 38.1 Å². The van der Waals surface area contributed by atoms with E-state index in [9.17, 15) is 9.59 Å². The van der Waals surface area contributed by atoms with Crippen molar-refractivity contribution in [2.24, 2.45) is 0 Å². The molecule has 0 fully saturated rings. The summed E-state index contributed by atoms with van der Waals surface area (Å²) in [5, 5.41) is 0.322. The van der Waals surface area contributed by atoms with E-state index in [2.05, 4.69) is 4.98 Å². The first-order valence-corrected chi connectivity index (χ1v) is 8.34. The maximum absolute atomic E-state index is 12.8. The van der Waals surface area contributed by atoms with Crippen molar-refractivity contribution in [1.82, 2.24) is 9.55 Å². The van der Waals surface area contributed by atoms with E-state index in [4.69, 9.17) is 16.2 Å². The van der Waals surface area contributed by atoms with E-state index < -0.39 is 11.4 Å². The Hall–Kier alpha value is -3.35. The fraction of sp³-hybridized carbons (Fsp3) is 0.211. The van der Waals surface area contributed by atoms with Crippen LogP contribution >= 0.6 is 0 Å². The van der Waals surface area contributed by atoms with Gasteiger partial charge in [0.25, 0.3) is 0 Å². The molecular formula is C19H20N4O3. The Kier molecular flexibility index (Phi) is 4.62. The van der Waals surface area contributed by atoms with Crippen LogP contribution in [-0.2, 0) is 11.3 Å². The number of rotatable bonds is 4. The van der Waals surface area contributed by atoms with E-state index in [1.165, 1.54) is 0 Å². The van der Waals surface area contributed by atoms with Gasteiger partial charge in [-0.1, -0.05) is 12.1 Å². The first-order valence-electron chi connectivity index (χ1n) is 8.34. The molecule has 0 aliphatic rings. The molecule has 7 nitrogen and oxygen atoms in total. The highest BCUT2D eigenvalue weighted by atomic mass is 16.5. The van der Waals surface area contributed by atoms with Crippen molar-refractivity contribution in [2.75, 3.05) is 18.1 Å². The summed E-state index contributed by atoms with van der Waals surface area (Å²) in [7, 11) is 0. The monoisotopic (exact) mass is 352 g/mol. The van der Waals surface area contributed by atoms with Gasteiger partial charge in [0.2, 0.25) is 5.43 Å². The first-order chi connectivity index (χ1) is 12.5. The molecule has 4 N–H and O–H groups in total. The van der Waals surface area contributed by atoms with Crippen LogP contribution in [0.25, 0.3) is 22.3 Å². The van der Waals surface area contributed by atoms with Gasteiger partial charge in [0.15, 0.2) is 0 Å². The number of carbonyl (C=O) groups is 1. The summed E-state index contributed by atoms with van der Waals surface area (Å²) in [4.78, 5) is 29.6. The number of esters is 1. The van der Waals surface area contributed by atoms with Gasteiger partial charge in [-0.2, -0.15) is 0 Å². The van der Waals surface area contributed by atoms with Gasteiger partial charge in [0.05, 0.1) is 17.7 Å². The Morgan fingerprint density at radius 3 is 2.42 bits per heavy atom. The molecule has 0 radical (unpaired) electrons. The van der Waals surface area contributed by atoms with Crippen LogP contribution < -0.4 is 16.9 Å². The Bertz CT molecular complexity index is 1040. The van der Waals surface area contributed by atoms with Crippen LogP contribution in [0.3, 0.4) is 0 Å². The normalized spacial score (nSPS) is 10.8. The number of aryl methyl sites for hydroxylation is 1. The van der Waals surface area contributed by atoms with Gasteiger partial charge in [-0.25, -0.2) is 9.78 Å². The number of carbonyl (C=O) groups excluding carboxylic acids is 1. The van der Waals surface area contributed by atoms with Crippen molar-refractivity contribution in [2.45, 2.75) is 20.4 Å². The average molecular weight is 352 g/mol. The number of ether oxygens (including phenoxy) is 1. The van der Waals surface area contributed by atoms with E-state index in [0.717, 1.165) is 5.56 Å². The molecule has 1 aromatic carbocycles. The van der Waals surface area contributed by atoms with Crippen molar-refractivity contribution in [3.63, 3.8) is 0 Å². The first kappa shape index (κ1) is 17.5. The zero-order valence-corrected chi connectivity index (χ0v) is 14.7. The standard InChI is InChI=1S/C19H20N4O3/c1-3-23-17(21)15(19(25)26-4-2)16(24)13-9-10-14(22-18(13)23)11-5-7-12(20)8-6-11/h5-10H,3-4,20-21H2,1-2H3. The molecule has 2 heterocycles. The Balaban J connectivity index is 2.27. The third-order valence-electron chi connectivity index (χ3n) is 4.15. The Labute approximate surface area is 150 Å². The summed E-state index contributed by atoms with van der Waals surface area (Å²) < 4.78 is 6.62. The number of pyridine rings is 2. The Morgan fingerprint density at radius 2 is 1.81 bits per heavy atom. The largest absolute Gasteiger partial charge is 0.462 e. The fourth-order valence-electron chi connectivity index (χ4n) is 2.87. The van der Waals surface area contributed by atoms with Gasteiger partial charge in [-0.3, -0.25) is 4.79 Å². The van der Waals surface area contributed by atoms with Gasteiger partial charge in [-0.15, -0.1) is 0 Å². The molecule has 0 bridgehead atoms. The molecule has 0 aliphatic carbocycles. The number of fused-ring (bicyclic) bond motifs is 1. The fourth-order valence-corrected chi connectivity index (χ4v) is 2.87. The van der Waals surface area contributed by atoms with Crippen LogP contribution in [0, 0.1) is 0 Å². The maximum atomic E-state index is 12.8. The van der Waals surface area contributed by atoms with E-state index in [1.54, 1.807) is 35.8 Å². The minimum atomic E-state index is -0.721. The van der Waals surface area contributed by atoms with Crippen molar-refractivity contribution < 1.29 is 9.53 Å². The molecule has 0 saturated carbocycles. The molecule has 26 heavy (non-hydrogen) atoms. The summed E-state index contributed by atoms with van der Waals surface area (Å²) in [5.41, 5.74) is 13.8. The molecule has 0 amide bonds. The molecule has 0 unspecified atom stereocenters. The molecule has 134 valence electrons. The van der Waals surface area contributed by atoms with Crippen LogP contribution in [0.4, 0.5) is 11.5 Å². The van der Waals surface area contributed by atoms with Gasteiger partial charge >= 0.3 is 5.97 Å². The summed E-state index contributed by atoms with van der Waals surface area (Å²) in [6.45, 7) is 4.16. The lowest BCUT2D eigenvalue weighted by Gasteiger charge is -2.15. The number of aromatic nitrogens is 2. The number of hydrogen-bond donors (Lipinski definition) is 2. The molecule has 2 aromatic heterocycles. The second kappa shape index (κ2) is 6.87. The van der Waals surface area contributed by atoms with Crippen LogP contribution in [0.2, 0.25) is 0 Å². The van der Waals surface area contributed by atoms with E-state index >= 15 is 0 Å². The summed E-state index contributed by atoms with van der Waals surface area (Å²) in [6, 6.07) is 10.7. The highest BCUT2D eigenvalue weighted by molar-refractivity contribution is 5.98. The average Bonchev–Trinajstić information content (AvgIpc) is 2.62. The zero-order chi connectivity index (χ0) is 18.8. The molecule has 3 aromatic rings. The number of hydrogen-bond acceptors (Lipinski definition) is 6. The van der Waals surface area contributed by atoms with Crippen LogP contribution in [0.1, 0.15) is 24.2 Å². The third kappa shape index (κ3) is 2.88. The summed E-state index contributed by atoms with van der Waals surface area (Å²) in [5.74, 6) is -0.660. The highest BCUT2D eigenvalue weighted by Gasteiger charge is 2.22. The van der Waals surface area contributed by atoms with E-state index in [0.29, 0.717) is 29.0 Å². The Morgan fingerprint density at radius 1 is 1.12 bits per heavy atom. The number of nitrogens with zero attached hydrogens (tertiary/aromatic N) is 2. The molecule has 0 spiro atoms. The van der Waals surface area contributed by atoms with Crippen molar-refractivity contribution >= 4 is 28.5 Å². The van der Waals surface area contributed by atoms with Crippen molar-refractivity contribution in [3.05, 3.63) is 52.2 Å². The molecular weight excluding hydrogens is 332 g/mol. The van der Waals surface area contributed by atoms with Crippen molar-refractivity contribution in [1.29, 1.82) is 0 Å². The number of nitrogens with two attached hydrogens (primary N) is 2. The minimum absolute atomic E-state index is 0.0606. The maximum Gasteiger partial charge on any atom is 0.345 e. The molecule has 0 saturated heterocycles. The quantitative estimate of drug-likeness (QED) is 0.551. The number of anilines is 2. The topological polar surface area (TPSA) is 113 Å². The molecule has 3 rings (SSSR count). The van der Waals surface area contributed by atoms with E-state index in [1.807, 2.05) is 19.1 Å². The lowest BCUT2D eigenvalue weighted by Crippen LogP contribution is -2.25. The lowest BCUT2D eigenvalue weighted by atomic mass is 10.1. The van der Waals surface area contributed by atoms with Crippen molar-refractivity contribution in [3.8, 4) is 11.3 Å². The number of nitrogen functional groups attached to an aromatic ring is 2.